The molecule has 0 bridgehead atoms. The fraction of sp³-hybridized carbons (Fsp3) is 0.643. The predicted molar refractivity (Wildman–Crippen MR) is 69.2 cm³/mol. The van der Waals surface area contributed by atoms with Gasteiger partial charge in [-0.3, -0.25) is 4.98 Å². The van der Waals surface area contributed by atoms with Gasteiger partial charge in [-0.05, 0) is 24.6 Å². The van der Waals surface area contributed by atoms with Gasteiger partial charge in [-0.2, -0.15) is 57.1 Å². The molecule has 1 heterocycles. The summed E-state index contributed by atoms with van der Waals surface area (Å²) in [6.07, 6.45) is -8.52. The van der Waals surface area contributed by atoms with Crippen LogP contribution in [0.2, 0.25) is 0 Å². The number of hydrogen-bond acceptors (Lipinski definition) is 2. The Morgan fingerprint density at radius 2 is 1.07 bits per heavy atom. The fourth-order valence-corrected chi connectivity index (χ4v) is 2.16. The Balaban J connectivity index is 3.43. The Morgan fingerprint density at radius 3 is 1.45 bits per heavy atom. The van der Waals surface area contributed by atoms with Crippen LogP contribution in [0.15, 0.2) is 24.5 Å². The fourth-order valence-electron chi connectivity index (χ4n) is 2.16. The van der Waals surface area contributed by atoms with E-state index in [0.29, 0.717) is 6.92 Å². The lowest BCUT2D eigenvalue weighted by molar-refractivity contribution is -0.441. The molecule has 0 spiro atoms. The van der Waals surface area contributed by atoms with Crippen molar-refractivity contribution in [3.63, 3.8) is 0 Å². The van der Waals surface area contributed by atoms with Gasteiger partial charge < -0.3 is 5.11 Å². The first kappa shape index (κ1) is 25.2. The van der Waals surface area contributed by atoms with Gasteiger partial charge in [0, 0.05) is 12.4 Å². The highest BCUT2D eigenvalue weighted by Crippen LogP contribution is 2.61. The summed E-state index contributed by atoms with van der Waals surface area (Å²) in [5.41, 5.74) is -3.76. The molecule has 168 valence electrons. The van der Waals surface area contributed by atoms with Gasteiger partial charge in [-0.1, -0.05) is 0 Å². The topological polar surface area (TPSA) is 33.1 Å². The van der Waals surface area contributed by atoms with E-state index >= 15 is 0 Å². The minimum Gasteiger partial charge on any atom is -0.385 e. The second kappa shape index (κ2) is 6.87. The molecule has 0 aliphatic rings. The third-order valence-corrected chi connectivity index (χ3v) is 3.87. The molecule has 0 fully saturated rings. The molecule has 0 aliphatic heterocycles. The zero-order valence-electron chi connectivity index (χ0n) is 13.8. The van der Waals surface area contributed by atoms with Crippen molar-refractivity contribution in [2.75, 3.05) is 0 Å². The minimum atomic E-state index is -7.96. The maximum Gasteiger partial charge on any atom is 0.460 e. The second-order valence-corrected chi connectivity index (χ2v) is 6.19. The first-order chi connectivity index (χ1) is 12.6. The van der Waals surface area contributed by atoms with E-state index in [1.807, 2.05) is 0 Å². The number of halogens is 13. The average molecular weight is 455 g/mol. The van der Waals surface area contributed by atoms with Gasteiger partial charge >= 0.3 is 35.8 Å². The number of hydrogen-bond donors (Lipinski definition) is 1. The van der Waals surface area contributed by atoms with Crippen LogP contribution in [-0.2, 0) is 5.60 Å². The first-order valence-corrected chi connectivity index (χ1v) is 7.15. The van der Waals surface area contributed by atoms with Gasteiger partial charge in [-0.25, -0.2) is 0 Å². The molecule has 0 saturated heterocycles. The van der Waals surface area contributed by atoms with Crippen LogP contribution < -0.4 is 0 Å². The lowest BCUT2D eigenvalue weighted by Crippen LogP contribution is -2.70. The monoisotopic (exact) mass is 455 g/mol. The molecule has 1 unspecified atom stereocenters. The predicted octanol–water partition coefficient (Wildman–Crippen LogP) is 5.42. The van der Waals surface area contributed by atoms with Crippen LogP contribution in [0.5, 0.6) is 0 Å². The van der Waals surface area contributed by atoms with Crippen molar-refractivity contribution in [1.82, 2.24) is 4.98 Å². The van der Waals surface area contributed by atoms with Crippen LogP contribution in [-0.4, -0.2) is 45.9 Å². The first-order valence-electron chi connectivity index (χ1n) is 7.15. The Morgan fingerprint density at radius 1 is 0.690 bits per heavy atom. The molecule has 0 aromatic carbocycles. The molecule has 0 radical (unpaired) electrons. The summed E-state index contributed by atoms with van der Waals surface area (Å²) in [4.78, 5) is 3.37. The van der Waals surface area contributed by atoms with Crippen molar-refractivity contribution in [2.45, 2.75) is 54.7 Å². The summed E-state index contributed by atoms with van der Waals surface area (Å²) >= 11 is 0. The summed E-state index contributed by atoms with van der Waals surface area (Å²) in [6, 6.07) is 1.50. The van der Waals surface area contributed by atoms with E-state index < -0.39 is 53.4 Å². The van der Waals surface area contributed by atoms with E-state index in [-0.39, 0.29) is 0 Å². The van der Waals surface area contributed by atoms with Crippen molar-refractivity contribution in [2.24, 2.45) is 0 Å². The molecule has 15 heteroatoms. The van der Waals surface area contributed by atoms with Crippen LogP contribution in [0.4, 0.5) is 57.1 Å². The van der Waals surface area contributed by atoms with Gasteiger partial charge in [0.05, 0.1) is 12.0 Å². The summed E-state index contributed by atoms with van der Waals surface area (Å²) in [7, 11) is 0. The highest BCUT2D eigenvalue weighted by molar-refractivity contribution is 5.20. The maximum atomic E-state index is 13.8. The number of rotatable bonds is 7. The van der Waals surface area contributed by atoms with Crippen molar-refractivity contribution < 1.29 is 62.2 Å². The standard InChI is InChI=1S/C14H10F13NO/c1-8(29,7-2-4-28-5-3-7)6-9(15,16)10(17,18)11(19,20)12(21,22)13(23,24)14(25,26)27/h2-5,29H,6H2,1H3. The maximum absolute atomic E-state index is 13.8. The molecule has 1 N–H and O–H groups in total. The quantitative estimate of drug-likeness (QED) is 0.558. The molecule has 29 heavy (non-hydrogen) atoms. The minimum absolute atomic E-state index is 0.368. The van der Waals surface area contributed by atoms with Crippen molar-refractivity contribution in [3.8, 4) is 0 Å². The third kappa shape index (κ3) is 3.84. The second-order valence-electron chi connectivity index (χ2n) is 6.19. The van der Waals surface area contributed by atoms with Gasteiger partial charge in [-0.15, -0.1) is 0 Å². The number of aliphatic hydroxyl groups is 1. The molecular formula is C14H10F13NO. The van der Waals surface area contributed by atoms with Crippen molar-refractivity contribution in [3.05, 3.63) is 30.1 Å². The number of alkyl halides is 13. The third-order valence-electron chi connectivity index (χ3n) is 3.87. The molecule has 2 nitrogen and oxygen atoms in total. The molecule has 1 aromatic heterocycles. The van der Waals surface area contributed by atoms with Crippen LogP contribution in [0.25, 0.3) is 0 Å². The van der Waals surface area contributed by atoms with Crippen LogP contribution in [0.1, 0.15) is 18.9 Å². The summed E-state index contributed by atoms with van der Waals surface area (Å²) in [6.45, 7) is 0.368. The molecular weight excluding hydrogens is 445 g/mol. The van der Waals surface area contributed by atoms with Crippen LogP contribution >= 0.6 is 0 Å². The largest absolute Gasteiger partial charge is 0.460 e. The van der Waals surface area contributed by atoms with E-state index in [4.69, 9.17) is 0 Å². The molecule has 1 atom stereocenters. The molecule has 0 amide bonds. The van der Waals surface area contributed by atoms with E-state index in [9.17, 15) is 62.2 Å². The molecule has 0 saturated carbocycles. The van der Waals surface area contributed by atoms with Crippen LogP contribution in [0.3, 0.4) is 0 Å². The number of pyridine rings is 1. The highest BCUT2D eigenvalue weighted by atomic mass is 19.4. The number of nitrogens with zero attached hydrogens (tertiary/aromatic N) is 1. The highest BCUT2D eigenvalue weighted by Gasteiger charge is 2.90. The SMILES string of the molecule is CC(O)(CC(F)(F)C(F)(F)C(F)(F)C(F)(F)C(F)(F)C(F)(F)F)c1ccncc1. The van der Waals surface area contributed by atoms with Gasteiger partial charge in [0.25, 0.3) is 0 Å². The smallest absolute Gasteiger partial charge is 0.385 e. The zero-order valence-corrected chi connectivity index (χ0v) is 13.8. The normalized spacial score (nSPS) is 17.2. The van der Waals surface area contributed by atoms with Gasteiger partial charge in [0.1, 0.15) is 0 Å². The van der Waals surface area contributed by atoms with E-state index in [2.05, 4.69) is 4.98 Å². The van der Waals surface area contributed by atoms with E-state index in [0.717, 1.165) is 24.5 Å². The van der Waals surface area contributed by atoms with Crippen LogP contribution in [0, 0.1) is 0 Å². The van der Waals surface area contributed by atoms with E-state index in [1.165, 1.54) is 0 Å². The van der Waals surface area contributed by atoms with Gasteiger partial charge in [0.15, 0.2) is 0 Å². The van der Waals surface area contributed by atoms with Crippen molar-refractivity contribution in [1.29, 1.82) is 0 Å². The molecule has 1 aromatic rings. The average Bonchev–Trinajstić information content (AvgIpc) is 2.53. The Bertz CT molecular complexity index is 712. The summed E-state index contributed by atoms with van der Waals surface area (Å²) in [5, 5.41) is 9.84. The molecule has 0 aliphatic carbocycles. The Labute approximate surface area is 153 Å². The summed E-state index contributed by atoms with van der Waals surface area (Å²) < 4.78 is 170. The zero-order chi connectivity index (χ0) is 23.3. The summed E-state index contributed by atoms with van der Waals surface area (Å²) in [5.74, 6) is -37.4. The molecule has 1 rings (SSSR count). The Kier molecular flexibility index (Phi) is 5.98. The Hall–Kier alpha value is -1.80. The van der Waals surface area contributed by atoms with Crippen molar-refractivity contribution >= 4 is 0 Å². The van der Waals surface area contributed by atoms with E-state index in [1.54, 1.807) is 0 Å². The van der Waals surface area contributed by atoms with Gasteiger partial charge in [0.2, 0.25) is 0 Å². The lowest BCUT2D eigenvalue weighted by atomic mass is 9.84. The lowest BCUT2D eigenvalue weighted by Gasteiger charge is -2.41. The number of aromatic nitrogens is 1.